The zero-order chi connectivity index (χ0) is 15.1. The highest BCUT2D eigenvalue weighted by Gasteiger charge is 2.05. The molecule has 2 aromatic rings. The third-order valence-corrected chi connectivity index (χ3v) is 4.02. The fraction of sp³-hybridized carbons (Fsp3) is 0.222. The normalized spacial score (nSPS) is 11.3. The molecule has 2 nitrogen and oxygen atoms in total. The SMILES string of the molecule is CCS/C(=C\c1ccc(OC)c(OC)c1)c1ccccc1. The number of benzene rings is 2. The zero-order valence-electron chi connectivity index (χ0n) is 12.6. The first-order valence-electron chi connectivity index (χ1n) is 6.90. The Morgan fingerprint density at radius 1 is 1.00 bits per heavy atom. The summed E-state index contributed by atoms with van der Waals surface area (Å²) < 4.78 is 10.6. The van der Waals surface area contributed by atoms with E-state index >= 15 is 0 Å². The fourth-order valence-electron chi connectivity index (χ4n) is 2.06. The molecule has 0 heterocycles. The van der Waals surface area contributed by atoms with Gasteiger partial charge in [0.15, 0.2) is 11.5 Å². The molecule has 2 aromatic carbocycles. The van der Waals surface area contributed by atoms with Crippen molar-refractivity contribution in [1.29, 1.82) is 0 Å². The Morgan fingerprint density at radius 2 is 1.71 bits per heavy atom. The minimum absolute atomic E-state index is 0.749. The minimum Gasteiger partial charge on any atom is -0.493 e. The van der Waals surface area contributed by atoms with E-state index in [2.05, 4.69) is 37.3 Å². The summed E-state index contributed by atoms with van der Waals surface area (Å²) in [5.41, 5.74) is 2.34. The van der Waals surface area contributed by atoms with Crippen LogP contribution >= 0.6 is 11.8 Å². The molecule has 0 bridgehead atoms. The Hall–Kier alpha value is -1.87. The summed E-state index contributed by atoms with van der Waals surface area (Å²) in [6.07, 6.45) is 2.19. The van der Waals surface area contributed by atoms with Gasteiger partial charge in [-0.05, 0) is 35.1 Å². The van der Waals surface area contributed by atoms with E-state index in [0.717, 1.165) is 22.8 Å². The Balaban J connectivity index is 2.38. The zero-order valence-corrected chi connectivity index (χ0v) is 13.4. The third kappa shape index (κ3) is 4.05. The summed E-state index contributed by atoms with van der Waals surface area (Å²) in [5.74, 6) is 2.54. The van der Waals surface area contributed by atoms with E-state index in [-0.39, 0.29) is 0 Å². The van der Waals surface area contributed by atoms with Crippen LogP contribution in [0.1, 0.15) is 18.1 Å². The van der Waals surface area contributed by atoms with Crippen LogP contribution in [0.2, 0.25) is 0 Å². The molecular weight excluding hydrogens is 280 g/mol. The van der Waals surface area contributed by atoms with Gasteiger partial charge < -0.3 is 9.47 Å². The molecule has 0 amide bonds. The molecule has 0 unspecified atom stereocenters. The summed E-state index contributed by atoms with van der Waals surface area (Å²) in [6.45, 7) is 2.16. The van der Waals surface area contributed by atoms with E-state index in [1.807, 2.05) is 36.0 Å². The number of thioether (sulfide) groups is 1. The molecule has 0 aliphatic rings. The lowest BCUT2D eigenvalue weighted by molar-refractivity contribution is 0.355. The third-order valence-electron chi connectivity index (χ3n) is 3.06. The van der Waals surface area contributed by atoms with Gasteiger partial charge in [-0.25, -0.2) is 0 Å². The van der Waals surface area contributed by atoms with Gasteiger partial charge >= 0.3 is 0 Å². The standard InChI is InChI=1S/C18H20O2S/c1-4-21-18(15-8-6-5-7-9-15)13-14-10-11-16(19-2)17(12-14)20-3/h5-13H,4H2,1-3H3/b18-13-. The van der Waals surface area contributed by atoms with Crippen molar-refractivity contribution < 1.29 is 9.47 Å². The Morgan fingerprint density at radius 3 is 2.33 bits per heavy atom. The summed E-state index contributed by atoms with van der Waals surface area (Å²) in [4.78, 5) is 1.25. The lowest BCUT2D eigenvalue weighted by Gasteiger charge is -2.10. The first-order chi connectivity index (χ1) is 10.3. The molecule has 0 fully saturated rings. The van der Waals surface area contributed by atoms with Crippen LogP contribution in [0.5, 0.6) is 11.5 Å². The van der Waals surface area contributed by atoms with Gasteiger partial charge in [0.25, 0.3) is 0 Å². The lowest BCUT2D eigenvalue weighted by Crippen LogP contribution is -1.90. The van der Waals surface area contributed by atoms with E-state index in [0.29, 0.717) is 0 Å². The van der Waals surface area contributed by atoms with Gasteiger partial charge in [-0.15, -0.1) is 11.8 Å². The Bertz CT molecular complexity index is 606. The Kier molecular flexibility index (Phi) is 5.76. The summed E-state index contributed by atoms with van der Waals surface area (Å²) in [7, 11) is 3.31. The molecule has 3 heteroatoms. The van der Waals surface area contributed by atoms with Crippen LogP contribution in [-0.4, -0.2) is 20.0 Å². The van der Waals surface area contributed by atoms with Crippen molar-refractivity contribution in [3.05, 3.63) is 59.7 Å². The van der Waals surface area contributed by atoms with Crippen molar-refractivity contribution >= 4 is 22.7 Å². The van der Waals surface area contributed by atoms with E-state index in [9.17, 15) is 0 Å². The Labute approximate surface area is 130 Å². The molecular formula is C18H20O2S. The molecule has 0 aromatic heterocycles. The first-order valence-corrected chi connectivity index (χ1v) is 7.89. The van der Waals surface area contributed by atoms with Crippen molar-refractivity contribution in [2.24, 2.45) is 0 Å². The highest BCUT2D eigenvalue weighted by molar-refractivity contribution is 8.08. The van der Waals surface area contributed by atoms with Crippen molar-refractivity contribution in [2.75, 3.05) is 20.0 Å². The van der Waals surface area contributed by atoms with Gasteiger partial charge in [0, 0.05) is 4.91 Å². The van der Waals surface area contributed by atoms with E-state index in [1.165, 1.54) is 10.5 Å². The highest BCUT2D eigenvalue weighted by Crippen LogP contribution is 2.33. The highest BCUT2D eigenvalue weighted by atomic mass is 32.2. The van der Waals surface area contributed by atoms with Crippen LogP contribution in [0.3, 0.4) is 0 Å². The summed E-state index contributed by atoms with van der Waals surface area (Å²) in [6, 6.07) is 16.4. The molecule has 2 rings (SSSR count). The molecule has 110 valence electrons. The maximum atomic E-state index is 5.36. The van der Waals surface area contributed by atoms with Gasteiger partial charge in [-0.3, -0.25) is 0 Å². The fourth-order valence-corrected chi connectivity index (χ4v) is 2.89. The second-order valence-electron chi connectivity index (χ2n) is 4.42. The molecule has 0 N–H and O–H groups in total. The average Bonchev–Trinajstić information content (AvgIpc) is 2.55. The van der Waals surface area contributed by atoms with Gasteiger partial charge in [-0.2, -0.15) is 0 Å². The monoisotopic (exact) mass is 300 g/mol. The number of methoxy groups -OCH3 is 2. The second kappa shape index (κ2) is 7.79. The van der Waals surface area contributed by atoms with Crippen LogP contribution < -0.4 is 9.47 Å². The topological polar surface area (TPSA) is 18.5 Å². The second-order valence-corrected chi connectivity index (χ2v) is 5.73. The molecule has 0 aliphatic heterocycles. The number of hydrogen-bond donors (Lipinski definition) is 0. The molecule has 21 heavy (non-hydrogen) atoms. The van der Waals surface area contributed by atoms with Crippen LogP contribution in [0.25, 0.3) is 11.0 Å². The predicted molar refractivity (Wildman–Crippen MR) is 92.0 cm³/mol. The average molecular weight is 300 g/mol. The predicted octanol–water partition coefficient (Wildman–Crippen LogP) is 4.96. The molecule has 0 saturated carbocycles. The van der Waals surface area contributed by atoms with Crippen molar-refractivity contribution in [3.63, 3.8) is 0 Å². The molecule has 0 radical (unpaired) electrons. The van der Waals surface area contributed by atoms with E-state index in [4.69, 9.17) is 9.47 Å². The lowest BCUT2D eigenvalue weighted by atomic mass is 10.1. The first kappa shape index (κ1) is 15.5. The van der Waals surface area contributed by atoms with Gasteiger partial charge in [0.2, 0.25) is 0 Å². The van der Waals surface area contributed by atoms with Gasteiger partial charge in [-0.1, -0.05) is 43.3 Å². The van der Waals surface area contributed by atoms with Gasteiger partial charge in [0.1, 0.15) is 0 Å². The van der Waals surface area contributed by atoms with E-state index in [1.54, 1.807) is 14.2 Å². The molecule has 0 aliphatic carbocycles. The maximum Gasteiger partial charge on any atom is 0.161 e. The van der Waals surface area contributed by atoms with Crippen LogP contribution in [0.15, 0.2) is 48.5 Å². The number of hydrogen-bond acceptors (Lipinski definition) is 3. The van der Waals surface area contributed by atoms with Crippen LogP contribution in [0, 0.1) is 0 Å². The van der Waals surface area contributed by atoms with Gasteiger partial charge in [0.05, 0.1) is 14.2 Å². The minimum atomic E-state index is 0.749. The summed E-state index contributed by atoms with van der Waals surface area (Å²) >= 11 is 1.84. The van der Waals surface area contributed by atoms with Crippen molar-refractivity contribution in [2.45, 2.75) is 6.92 Å². The van der Waals surface area contributed by atoms with Crippen LogP contribution in [-0.2, 0) is 0 Å². The quantitative estimate of drug-likeness (QED) is 0.703. The largest absolute Gasteiger partial charge is 0.493 e. The molecule has 0 saturated heterocycles. The molecule has 0 spiro atoms. The number of rotatable bonds is 6. The maximum absolute atomic E-state index is 5.36. The molecule has 0 atom stereocenters. The van der Waals surface area contributed by atoms with Crippen molar-refractivity contribution in [3.8, 4) is 11.5 Å². The smallest absolute Gasteiger partial charge is 0.161 e. The van der Waals surface area contributed by atoms with E-state index < -0.39 is 0 Å². The van der Waals surface area contributed by atoms with Crippen molar-refractivity contribution in [1.82, 2.24) is 0 Å². The van der Waals surface area contributed by atoms with Crippen LogP contribution in [0.4, 0.5) is 0 Å². The number of ether oxygens (including phenoxy) is 2. The summed E-state index contributed by atoms with van der Waals surface area (Å²) in [5, 5.41) is 0.